The fourth-order valence-corrected chi connectivity index (χ4v) is 8.05. The van der Waals surface area contributed by atoms with E-state index >= 15 is 0 Å². The normalized spacial score (nSPS) is 14.5. The quantitative estimate of drug-likeness (QED) is 0.0342. The number of aliphatic hydroxyl groups is 1. The lowest BCUT2D eigenvalue weighted by atomic mass is 9.98. The Morgan fingerprint density at radius 2 is 1.15 bits per heavy atom. The van der Waals surface area contributed by atoms with Crippen LogP contribution in [0.1, 0.15) is 128 Å². The van der Waals surface area contributed by atoms with Gasteiger partial charge < -0.3 is 47.3 Å². The zero-order valence-corrected chi connectivity index (χ0v) is 39.8. The smallest absolute Gasteiger partial charge is 0.326 e. The van der Waals surface area contributed by atoms with Gasteiger partial charge in [-0.2, -0.15) is 11.8 Å². The number of nitrogens with two attached hydrogens (primary N) is 1. The van der Waals surface area contributed by atoms with E-state index < -0.39 is 65.9 Å². The van der Waals surface area contributed by atoms with Crippen molar-refractivity contribution in [2.24, 2.45) is 11.7 Å². The number of rotatable bonds is 36. The minimum absolute atomic E-state index is 0.0174. The summed E-state index contributed by atoms with van der Waals surface area (Å²) in [5, 5.41) is 34.8. The van der Waals surface area contributed by atoms with Gasteiger partial charge in [-0.1, -0.05) is 119 Å². The number of carboxylic acid groups (broad SMARTS) is 1. The second kappa shape index (κ2) is 32.8. The Hall–Kier alpha value is -4.80. The predicted molar refractivity (Wildman–Crippen MR) is 256 cm³/mol. The summed E-state index contributed by atoms with van der Waals surface area (Å²) in [6.07, 6.45) is 12.7. The third kappa shape index (κ3) is 24.3. The number of carbonyl (C=O) groups excluding carboxylic acids is 6. The van der Waals surface area contributed by atoms with E-state index in [0.29, 0.717) is 19.3 Å². The lowest BCUT2D eigenvalue weighted by Gasteiger charge is -2.27. The zero-order valence-electron chi connectivity index (χ0n) is 38.9. The predicted octanol–water partition coefficient (Wildman–Crippen LogP) is 4.76. The van der Waals surface area contributed by atoms with Crippen LogP contribution in [-0.4, -0.2) is 106 Å². The number of unbranched alkanes of at least 4 members (excludes halogenated alkanes) is 8. The Labute approximate surface area is 390 Å². The molecule has 0 heterocycles. The van der Waals surface area contributed by atoms with Crippen molar-refractivity contribution in [3.63, 3.8) is 0 Å². The number of nitrogens with one attached hydrogen (secondary N) is 5. The molecular formula is C49H76N6O9S. The number of amides is 5. The molecule has 0 saturated heterocycles. The highest BCUT2D eigenvalue weighted by Gasteiger charge is 2.32. The van der Waals surface area contributed by atoms with Gasteiger partial charge in [0.05, 0.1) is 12.1 Å². The van der Waals surface area contributed by atoms with Gasteiger partial charge in [0.2, 0.25) is 29.5 Å². The monoisotopic (exact) mass is 925 g/mol. The number of primary amides is 1. The second-order valence-electron chi connectivity index (χ2n) is 17.4. The SMILES string of the molecule is CSCC[C@H](NC(CCCCCCC=O)CCCCCCCC(=O)N[C@H](C(=O)N[C@@H](CC(C)C)C(=O)N[C@@H](Cc1ccccc1)C(N)=O)[C@H](C)O)C(=O)N[C@@H](Cc1ccccc1)C(=O)O. The number of aliphatic carboxylic acids is 1. The topological polar surface area (TPSA) is 246 Å². The molecule has 362 valence electrons. The molecule has 1 unspecified atom stereocenters. The number of benzene rings is 2. The molecule has 0 bridgehead atoms. The third-order valence-corrected chi connectivity index (χ3v) is 11.9. The summed E-state index contributed by atoms with van der Waals surface area (Å²) < 4.78 is 0. The summed E-state index contributed by atoms with van der Waals surface area (Å²) in [4.78, 5) is 88.7. The molecular weight excluding hydrogens is 849 g/mol. The van der Waals surface area contributed by atoms with Crippen molar-refractivity contribution in [2.75, 3.05) is 12.0 Å². The number of thioether (sulfide) groups is 1. The first-order valence-corrected chi connectivity index (χ1v) is 24.7. The average Bonchev–Trinajstić information content (AvgIpc) is 3.26. The van der Waals surface area contributed by atoms with Crippen molar-refractivity contribution in [1.29, 1.82) is 0 Å². The maximum absolute atomic E-state index is 13.6. The van der Waals surface area contributed by atoms with Crippen molar-refractivity contribution >= 4 is 53.6 Å². The number of aldehydes is 1. The van der Waals surface area contributed by atoms with Crippen LogP contribution in [0.3, 0.4) is 0 Å². The van der Waals surface area contributed by atoms with Gasteiger partial charge in [0.1, 0.15) is 30.5 Å². The molecule has 2 aromatic carbocycles. The minimum atomic E-state index is -1.31. The van der Waals surface area contributed by atoms with Crippen molar-refractivity contribution in [3.05, 3.63) is 71.8 Å². The summed E-state index contributed by atoms with van der Waals surface area (Å²) in [5.74, 6) is -3.17. The summed E-state index contributed by atoms with van der Waals surface area (Å²) in [7, 11) is 0. The highest BCUT2D eigenvalue weighted by atomic mass is 32.2. The Morgan fingerprint density at radius 3 is 1.68 bits per heavy atom. The van der Waals surface area contributed by atoms with Crippen LogP contribution in [0, 0.1) is 5.92 Å². The average molecular weight is 925 g/mol. The van der Waals surface area contributed by atoms with Gasteiger partial charge in [0, 0.05) is 31.7 Å². The Bertz CT molecular complexity index is 1720. The van der Waals surface area contributed by atoms with Gasteiger partial charge in [-0.05, 0) is 74.5 Å². The summed E-state index contributed by atoms with van der Waals surface area (Å²) in [5.41, 5.74) is 7.23. The molecule has 0 radical (unpaired) electrons. The van der Waals surface area contributed by atoms with Crippen LogP contribution < -0.4 is 32.3 Å². The van der Waals surface area contributed by atoms with Gasteiger partial charge in [-0.15, -0.1) is 0 Å². The lowest BCUT2D eigenvalue weighted by molar-refractivity contribution is -0.142. The van der Waals surface area contributed by atoms with E-state index in [4.69, 9.17) is 5.73 Å². The molecule has 0 aliphatic heterocycles. The van der Waals surface area contributed by atoms with E-state index in [1.54, 1.807) is 11.8 Å². The molecule has 0 aromatic heterocycles. The van der Waals surface area contributed by atoms with E-state index in [1.165, 1.54) is 6.92 Å². The Morgan fingerprint density at radius 1 is 0.646 bits per heavy atom. The standard InChI is InChI=1S/C49H76N6O9S/c1-34(2)31-41(47(61)52-40(45(50)59)32-36-21-13-11-14-22-36)53-48(62)44(35(3)57)55-43(58)27-19-9-5-7-17-25-38(26-18-8-6-10-20-29-56)51-39(28-30-65-4)46(60)54-42(49(63)64)33-37-23-15-12-16-24-37/h11-16,21-24,29,34-35,38-42,44,51,57H,5-10,17-20,25-28,30-33H2,1-4H3,(H2,50,59)(H,52,61)(H,53,62)(H,54,60)(H,55,58)(H,63,64)/t35-,38?,39-,40-,41-,42-,44-/m0/s1. The van der Waals surface area contributed by atoms with Crippen LogP contribution in [0.4, 0.5) is 0 Å². The summed E-state index contributed by atoms with van der Waals surface area (Å²) in [6, 6.07) is 13.3. The molecule has 0 aliphatic rings. The molecule has 0 aliphatic carbocycles. The number of carboxylic acids is 1. The fraction of sp³-hybridized carbons (Fsp3) is 0.612. The van der Waals surface area contributed by atoms with Crippen molar-refractivity contribution < 1.29 is 43.8 Å². The van der Waals surface area contributed by atoms with E-state index in [1.807, 2.05) is 80.8 Å². The van der Waals surface area contributed by atoms with Gasteiger partial charge in [0.15, 0.2) is 0 Å². The van der Waals surface area contributed by atoms with E-state index in [0.717, 1.165) is 87.4 Å². The van der Waals surface area contributed by atoms with Crippen molar-refractivity contribution in [2.45, 2.75) is 172 Å². The van der Waals surface area contributed by atoms with Crippen LogP contribution in [0.25, 0.3) is 0 Å². The van der Waals surface area contributed by atoms with E-state index in [9.17, 15) is 43.8 Å². The molecule has 7 atom stereocenters. The van der Waals surface area contributed by atoms with Gasteiger partial charge >= 0.3 is 5.97 Å². The molecule has 65 heavy (non-hydrogen) atoms. The first kappa shape index (κ1) is 56.3. The summed E-state index contributed by atoms with van der Waals surface area (Å²) in [6.45, 7) is 5.15. The lowest BCUT2D eigenvalue weighted by Crippen LogP contribution is -2.59. The van der Waals surface area contributed by atoms with Gasteiger partial charge in [-0.25, -0.2) is 4.79 Å². The minimum Gasteiger partial charge on any atom is -0.480 e. The molecule has 0 fully saturated rings. The first-order chi connectivity index (χ1) is 31.1. The number of carbonyl (C=O) groups is 7. The van der Waals surface area contributed by atoms with E-state index in [2.05, 4.69) is 26.6 Å². The molecule has 16 heteroatoms. The van der Waals surface area contributed by atoms with Gasteiger partial charge in [0.25, 0.3) is 0 Å². The van der Waals surface area contributed by atoms with Crippen LogP contribution in [0.2, 0.25) is 0 Å². The highest BCUT2D eigenvalue weighted by Crippen LogP contribution is 2.17. The maximum Gasteiger partial charge on any atom is 0.326 e. The largest absolute Gasteiger partial charge is 0.480 e. The molecule has 15 nitrogen and oxygen atoms in total. The zero-order chi connectivity index (χ0) is 48.0. The third-order valence-electron chi connectivity index (χ3n) is 11.2. The van der Waals surface area contributed by atoms with Crippen molar-refractivity contribution in [3.8, 4) is 0 Å². The highest BCUT2D eigenvalue weighted by molar-refractivity contribution is 7.98. The number of hydrogen-bond donors (Lipinski definition) is 8. The Kier molecular flexibility index (Phi) is 28.4. The maximum atomic E-state index is 13.6. The van der Waals surface area contributed by atoms with E-state index in [-0.39, 0.29) is 43.6 Å². The van der Waals surface area contributed by atoms with Crippen LogP contribution in [-0.2, 0) is 46.4 Å². The van der Waals surface area contributed by atoms with Crippen LogP contribution in [0.5, 0.6) is 0 Å². The van der Waals surface area contributed by atoms with Crippen LogP contribution in [0.15, 0.2) is 60.7 Å². The molecule has 0 spiro atoms. The molecule has 0 saturated carbocycles. The van der Waals surface area contributed by atoms with Crippen LogP contribution >= 0.6 is 11.8 Å². The first-order valence-electron chi connectivity index (χ1n) is 23.3. The molecule has 5 amide bonds. The van der Waals surface area contributed by atoms with Gasteiger partial charge in [-0.3, -0.25) is 24.0 Å². The molecule has 9 N–H and O–H groups in total. The fourth-order valence-electron chi connectivity index (χ4n) is 7.58. The molecule has 2 aromatic rings. The molecule has 2 rings (SSSR count). The summed E-state index contributed by atoms with van der Waals surface area (Å²) >= 11 is 1.62. The Balaban J connectivity index is 1.94. The number of aliphatic hydroxyl groups excluding tert-OH is 1. The second-order valence-corrected chi connectivity index (χ2v) is 18.4. The number of hydrogen-bond acceptors (Lipinski definition) is 10. The van der Waals surface area contributed by atoms with Crippen molar-refractivity contribution in [1.82, 2.24) is 26.6 Å².